The van der Waals surface area contributed by atoms with Gasteiger partial charge in [-0.05, 0) is 34.5 Å². The summed E-state index contributed by atoms with van der Waals surface area (Å²) in [5.74, 6) is 0.986. The molecule has 0 saturated carbocycles. The highest BCUT2D eigenvalue weighted by Gasteiger charge is 2.24. The third kappa shape index (κ3) is 3.74. The van der Waals surface area contributed by atoms with Crippen molar-refractivity contribution in [1.29, 1.82) is 0 Å². The van der Waals surface area contributed by atoms with Crippen molar-refractivity contribution in [2.24, 2.45) is 5.92 Å². The molecule has 0 aliphatic carbocycles. The van der Waals surface area contributed by atoms with Crippen LogP contribution in [0.2, 0.25) is 0 Å². The molecule has 2 N–H and O–H groups in total. The van der Waals surface area contributed by atoms with E-state index in [0.29, 0.717) is 17.1 Å². The molecule has 0 unspecified atom stereocenters. The minimum Gasteiger partial charge on any atom is -0.508 e. The van der Waals surface area contributed by atoms with Gasteiger partial charge in [0.25, 0.3) is 0 Å². The van der Waals surface area contributed by atoms with Crippen molar-refractivity contribution in [1.82, 2.24) is 5.32 Å². The SMILES string of the molecule is COc1ccc([C@@H](NC(=O)C(C)C)c2c(O)ccc3ccccc23)cc1OC. The van der Waals surface area contributed by atoms with E-state index in [0.717, 1.165) is 16.3 Å². The van der Waals surface area contributed by atoms with Gasteiger partial charge in [-0.1, -0.05) is 50.2 Å². The van der Waals surface area contributed by atoms with E-state index in [1.54, 1.807) is 26.4 Å². The second-order valence-electron chi connectivity index (χ2n) is 6.93. The zero-order valence-corrected chi connectivity index (χ0v) is 16.5. The first kappa shape index (κ1) is 19.5. The summed E-state index contributed by atoms with van der Waals surface area (Å²) in [7, 11) is 3.14. The average Bonchev–Trinajstić information content (AvgIpc) is 2.71. The van der Waals surface area contributed by atoms with E-state index in [1.165, 1.54) is 0 Å². The molecule has 0 spiro atoms. The topological polar surface area (TPSA) is 67.8 Å². The number of carbonyl (C=O) groups is 1. The molecule has 0 aliphatic heterocycles. The molecule has 0 fully saturated rings. The Labute approximate surface area is 164 Å². The highest BCUT2D eigenvalue weighted by Crippen LogP contribution is 2.38. The van der Waals surface area contributed by atoms with Gasteiger partial charge in [-0.25, -0.2) is 0 Å². The summed E-state index contributed by atoms with van der Waals surface area (Å²) in [5.41, 5.74) is 1.44. The van der Waals surface area contributed by atoms with Gasteiger partial charge in [0.05, 0.1) is 20.3 Å². The van der Waals surface area contributed by atoms with Crippen LogP contribution in [-0.4, -0.2) is 25.2 Å². The normalized spacial score (nSPS) is 12.0. The molecular formula is C23H25NO4. The van der Waals surface area contributed by atoms with Gasteiger partial charge in [0.1, 0.15) is 5.75 Å². The predicted molar refractivity (Wildman–Crippen MR) is 110 cm³/mol. The van der Waals surface area contributed by atoms with Gasteiger partial charge in [0.2, 0.25) is 5.91 Å². The van der Waals surface area contributed by atoms with Gasteiger partial charge in [0.15, 0.2) is 11.5 Å². The number of hydrogen-bond donors (Lipinski definition) is 2. The van der Waals surface area contributed by atoms with Crippen LogP contribution in [0.5, 0.6) is 17.2 Å². The first-order valence-electron chi connectivity index (χ1n) is 9.19. The molecular weight excluding hydrogens is 354 g/mol. The monoisotopic (exact) mass is 379 g/mol. The second kappa shape index (κ2) is 8.21. The number of amides is 1. The number of phenols is 1. The molecule has 3 aromatic carbocycles. The van der Waals surface area contributed by atoms with Gasteiger partial charge in [-0.3, -0.25) is 4.79 Å². The van der Waals surface area contributed by atoms with E-state index < -0.39 is 6.04 Å². The third-order valence-corrected chi connectivity index (χ3v) is 4.79. The van der Waals surface area contributed by atoms with Gasteiger partial charge in [0, 0.05) is 11.5 Å². The molecule has 0 bridgehead atoms. The standard InChI is InChI=1S/C23H25NO4/c1-14(2)23(26)24-22(16-10-12-19(27-3)20(13-16)28-4)21-17-8-6-5-7-15(17)9-11-18(21)25/h5-14,22,25H,1-4H3,(H,24,26)/t22-/m1/s1. The lowest BCUT2D eigenvalue weighted by atomic mass is 9.92. The molecule has 0 aromatic heterocycles. The number of rotatable bonds is 6. The number of ether oxygens (including phenoxy) is 2. The Morgan fingerprint density at radius 3 is 2.36 bits per heavy atom. The number of hydrogen-bond acceptors (Lipinski definition) is 4. The van der Waals surface area contributed by atoms with Gasteiger partial charge >= 0.3 is 0 Å². The van der Waals surface area contributed by atoms with E-state index in [9.17, 15) is 9.90 Å². The van der Waals surface area contributed by atoms with Crippen LogP contribution in [0.3, 0.4) is 0 Å². The molecule has 1 atom stereocenters. The summed E-state index contributed by atoms with van der Waals surface area (Å²) < 4.78 is 10.8. The Morgan fingerprint density at radius 1 is 0.964 bits per heavy atom. The van der Waals surface area contributed by atoms with E-state index in [-0.39, 0.29) is 17.6 Å². The maximum absolute atomic E-state index is 12.6. The summed E-state index contributed by atoms with van der Waals surface area (Å²) >= 11 is 0. The van der Waals surface area contributed by atoms with Gasteiger partial charge in [-0.15, -0.1) is 0 Å². The molecule has 5 nitrogen and oxygen atoms in total. The molecule has 0 radical (unpaired) electrons. The molecule has 0 aliphatic rings. The zero-order valence-electron chi connectivity index (χ0n) is 16.5. The Kier molecular flexibility index (Phi) is 5.73. The van der Waals surface area contributed by atoms with Crippen LogP contribution in [0, 0.1) is 5.92 Å². The van der Waals surface area contributed by atoms with Crippen molar-refractivity contribution in [2.45, 2.75) is 19.9 Å². The molecule has 1 amide bonds. The largest absolute Gasteiger partial charge is 0.508 e. The molecule has 146 valence electrons. The fourth-order valence-corrected chi connectivity index (χ4v) is 3.25. The lowest BCUT2D eigenvalue weighted by Crippen LogP contribution is -2.32. The number of aromatic hydroxyl groups is 1. The number of phenolic OH excluding ortho intramolecular Hbond substituents is 1. The minimum atomic E-state index is -0.541. The molecule has 3 rings (SSSR count). The fourth-order valence-electron chi connectivity index (χ4n) is 3.25. The number of nitrogens with one attached hydrogen (secondary N) is 1. The Morgan fingerprint density at radius 2 is 1.68 bits per heavy atom. The Hall–Kier alpha value is -3.21. The lowest BCUT2D eigenvalue weighted by molar-refractivity contribution is -0.124. The van der Waals surface area contributed by atoms with Crippen LogP contribution >= 0.6 is 0 Å². The smallest absolute Gasteiger partial charge is 0.223 e. The highest BCUT2D eigenvalue weighted by molar-refractivity contribution is 5.89. The van der Waals surface area contributed by atoms with E-state index in [1.807, 2.05) is 56.3 Å². The van der Waals surface area contributed by atoms with Crippen molar-refractivity contribution in [3.05, 3.63) is 65.7 Å². The molecule has 5 heteroatoms. The van der Waals surface area contributed by atoms with Crippen LogP contribution in [0.4, 0.5) is 0 Å². The first-order chi connectivity index (χ1) is 13.5. The summed E-state index contributed by atoms with van der Waals surface area (Å²) in [5, 5.41) is 15.7. The van der Waals surface area contributed by atoms with Crippen LogP contribution in [0.25, 0.3) is 10.8 Å². The minimum absolute atomic E-state index is 0.105. The van der Waals surface area contributed by atoms with Gasteiger partial charge in [-0.2, -0.15) is 0 Å². The summed E-state index contributed by atoms with van der Waals surface area (Å²) in [6, 6.07) is 16.3. The van der Waals surface area contributed by atoms with E-state index in [2.05, 4.69) is 5.32 Å². The average molecular weight is 379 g/mol. The number of carbonyl (C=O) groups excluding carboxylic acids is 1. The quantitative estimate of drug-likeness (QED) is 0.665. The summed E-state index contributed by atoms with van der Waals surface area (Å²) in [6.07, 6.45) is 0. The number of benzene rings is 3. The summed E-state index contributed by atoms with van der Waals surface area (Å²) in [4.78, 5) is 12.6. The fraction of sp³-hybridized carbons (Fsp3) is 0.261. The Bertz CT molecular complexity index is 997. The molecule has 0 saturated heterocycles. The maximum Gasteiger partial charge on any atom is 0.223 e. The van der Waals surface area contributed by atoms with Crippen LogP contribution in [-0.2, 0) is 4.79 Å². The Balaban J connectivity index is 2.22. The third-order valence-electron chi connectivity index (χ3n) is 4.79. The predicted octanol–water partition coefficient (Wildman–Crippen LogP) is 4.42. The zero-order chi connectivity index (χ0) is 20.3. The molecule has 28 heavy (non-hydrogen) atoms. The lowest BCUT2D eigenvalue weighted by Gasteiger charge is -2.24. The summed E-state index contributed by atoms with van der Waals surface area (Å²) in [6.45, 7) is 3.67. The van der Waals surface area contributed by atoms with Crippen molar-refractivity contribution >= 4 is 16.7 Å². The van der Waals surface area contributed by atoms with E-state index >= 15 is 0 Å². The van der Waals surface area contributed by atoms with Crippen molar-refractivity contribution in [3.63, 3.8) is 0 Å². The van der Waals surface area contributed by atoms with Crippen molar-refractivity contribution < 1.29 is 19.4 Å². The maximum atomic E-state index is 12.6. The molecule has 0 heterocycles. The highest BCUT2D eigenvalue weighted by atomic mass is 16.5. The number of methoxy groups -OCH3 is 2. The van der Waals surface area contributed by atoms with Gasteiger partial charge < -0.3 is 19.9 Å². The van der Waals surface area contributed by atoms with Crippen molar-refractivity contribution in [3.8, 4) is 17.2 Å². The second-order valence-corrected chi connectivity index (χ2v) is 6.93. The van der Waals surface area contributed by atoms with Crippen LogP contribution in [0.15, 0.2) is 54.6 Å². The number of fused-ring (bicyclic) bond motifs is 1. The molecule has 3 aromatic rings. The van der Waals surface area contributed by atoms with E-state index in [4.69, 9.17) is 9.47 Å². The first-order valence-corrected chi connectivity index (χ1v) is 9.19. The van der Waals surface area contributed by atoms with Crippen LogP contribution in [0.1, 0.15) is 31.0 Å². The van der Waals surface area contributed by atoms with Crippen molar-refractivity contribution in [2.75, 3.05) is 14.2 Å². The van der Waals surface area contributed by atoms with Crippen LogP contribution < -0.4 is 14.8 Å².